The van der Waals surface area contributed by atoms with Crippen molar-refractivity contribution in [3.63, 3.8) is 0 Å². The fourth-order valence-corrected chi connectivity index (χ4v) is 3.87. The molecule has 0 radical (unpaired) electrons. The number of nitrogens with zero attached hydrogens (tertiary/aromatic N) is 5. The molecular formula is C20H23N7O2. The topological polar surface area (TPSA) is 113 Å². The van der Waals surface area contributed by atoms with E-state index in [1.165, 1.54) is 0 Å². The molecule has 0 bridgehead atoms. The van der Waals surface area contributed by atoms with Gasteiger partial charge in [0.25, 0.3) is 0 Å². The van der Waals surface area contributed by atoms with Crippen molar-refractivity contribution in [1.29, 1.82) is 0 Å². The van der Waals surface area contributed by atoms with Crippen LogP contribution in [0.3, 0.4) is 0 Å². The molecule has 5 rings (SSSR count). The minimum atomic E-state index is -0.193. The number of aliphatic hydroxyl groups excluding tert-OH is 1. The Kier molecular flexibility index (Phi) is 4.51. The summed E-state index contributed by atoms with van der Waals surface area (Å²) in [6.45, 7) is 2.44. The van der Waals surface area contributed by atoms with Crippen molar-refractivity contribution in [3.8, 4) is 17.1 Å². The number of rotatable bonds is 5. The molecule has 9 nitrogen and oxygen atoms in total. The number of H-pyrrole nitrogens is 1. The maximum absolute atomic E-state index is 9.72. The highest BCUT2D eigenvalue weighted by Gasteiger charge is 2.22. The molecule has 150 valence electrons. The fraction of sp³-hybridized carbons (Fsp3) is 0.400. The minimum Gasteiger partial charge on any atom is -0.477 e. The molecule has 29 heavy (non-hydrogen) atoms. The number of aromatic amines is 1. The molecule has 3 N–H and O–H groups in total. The zero-order valence-corrected chi connectivity index (χ0v) is 16.2. The Morgan fingerprint density at radius 3 is 2.90 bits per heavy atom. The van der Waals surface area contributed by atoms with Crippen LogP contribution in [0.2, 0.25) is 0 Å². The molecule has 4 aromatic rings. The maximum atomic E-state index is 9.72. The Balaban J connectivity index is 1.53. The van der Waals surface area contributed by atoms with Crippen LogP contribution >= 0.6 is 0 Å². The second-order valence-electron chi connectivity index (χ2n) is 7.31. The third-order valence-electron chi connectivity index (χ3n) is 5.34. The summed E-state index contributed by atoms with van der Waals surface area (Å²) < 4.78 is 7.59. The molecule has 0 aromatic carbocycles. The first-order valence-electron chi connectivity index (χ1n) is 9.98. The molecule has 4 aromatic heterocycles. The van der Waals surface area contributed by atoms with E-state index in [1.807, 2.05) is 31.5 Å². The predicted octanol–water partition coefficient (Wildman–Crippen LogP) is 2.78. The first kappa shape index (κ1) is 17.9. The van der Waals surface area contributed by atoms with E-state index in [9.17, 15) is 5.11 Å². The molecule has 9 heteroatoms. The van der Waals surface area contributed by atoms with E-state index in [0.29, 0.717) is 24.1 Å². The van der Waals surface area contributed by atoms with Crippen LogP contribution in [0, 0.1) is 0 Å². The average Bonchev–Trinajstić information content (AvgIpc) is 3.36. The van der Waals surface area contributed by atoms with Gasteiger partial charge in [0, 0.05) is 30.1 Å². The van der Waals surface area contributed by atoms with Crippen LogP contribution in [0.15, 0.2) is 30.7 Å². The van der Waals surface area contributed by atoms with Crippen LogP contribution in [0.1, 0.15) is 32.6 Å². The van der Waals surface area contributed by atoms with Gasteiger partial charge in [-0.25, -0.2) is 9.50 Å². The van der Waals surface area contributed by atoms with E-state index < -0.39 is 0 Å². The van der Waals surface area contributed by atoms with Gasteiger partial charge in [-0.05, 0) is 38.7 Å². The molecule has 4 heterocycles. The second kappa shape index (κ2) is 7.32. The lowest BCUT2D eigenvalue weighted by molar-refractivity contribution is 0.126. The second-order valence-corrected chi connectivity index (χ2v) is 7.31. The van der Waals surface area contributed by atoms with Gasteiger partial charge in [0.05, 0.1) is 30.0 Å². The monoisotopic (exact) mass is 393 g/mol. The predicted molar refractivity (Wildman–Crippen MR) is 109 cm³/mol. The lowest BCUT2D eigenvalue weighted by Crippen LogP contribution is -2.29. The van der Waals surface area contributed by atoms with E-state index in [1.54, 1.807) is 10.7 Å². The largest absolute Gasteiger partial charge is 0.477 e. The van der Waals surface area contributed by atoms with Gasteiger partial charge in [0.2, 0.25) is 11.8 Å². The van der Waals surface area contributed by atoms with Crippen LogP contribution in [-0.4, -0.2) is 53.4 Å². The van der Waals surface area contributed by atoms with Crippen LogP contribution in [0.25, 0.3) is 27.9 Å². The summed E-state index contributed by atoms with van der Waals surface area (Å²) in [5.41, 5.74) is 3.16. The number of hydrogen-bond donors (Lipinski definition) is 3. The van der Waals surface area contributed by atoms with Crippen LogP contribution < -0.4 is 10.1 Å². The Bertz CT molecular complexity index is 1140. The summed E-state index contributed by atoms with van der Waals surface area (Å²) in [7, 11) is 0. The van der Waals surface area contributed by atoms with Gasteiger partial charge in [0.15, 0.2) is 5.65 Å². The molecule has 1 aliphatic carbocycles. The number of aromatic nitrogens is 6. The van der Waals surface area contributed by atoms with Crippen molar-refractivity contribution in [2.24, 2.45) is 0 Å². The highest BCUT2D eigenvalue weighted by Crippen LogP contribution is 2.34. The number of nitrogens with one attached hydrogen (secondary N) is 2. The van der Waals surface area contributed by atoms with Crippen molar-refractivity contribution in [1.82, 2.24) is 29.5 Å². The van der Waals surface area contributed by atoms with Crippen molar-refractivity contribution in [3.05, 3.63) is 30.7 Å². The summed E-state index contributed by atoms with van der Waals surface area (Å²) in [6.07, 6.45) is 8.69. The first-order chi connectivity index (χ1) is 14.2. The van der Waals surface area contributed by atoms with Gasteiger partial charge < -0.3 is 20.1 Å². The Labute approximate surface area is 167 Å². The highest BCUT2D eigenvalue weighted by molar-refractivity contribution is 5.97. The zero-order valence-electron chi connectivity index (χ0n) is 16.2. The van der Waals surface area contributed by atoms with Gasteiger partial charge in [-0.1, -0.05) is 0 Å². The molecule has 0 saturated heterocycles. The molecule has 1 aliphatic rings. The van der Waals surface area contributed by atoms with Crippen molar-refractivity contribution < 1.29 is 9.84 Å². The standard InChI is InChI=1S/C20H23N7O2/c1-2-29-19-17-14(15-8-10-27-16(24-15)7-9-22-27)11-21-18(17)25-20(26-19)23-12-3-5-13(28)6-4-12/h7-13,28H,2-6H2,1H3,(H2,21,23,25,26). The Hall–Kier alpha value is -3.20. The molecular weight excluding hydrogens is 370 g/mol. The Morgan fingerprint density at radius 2 is 2.07 bits per heavy atom. The van der Waals surface area contributed by atoms with E-state index in [-0.39, 0.29) is 12.1 Å². The summed E-state index contributed by atoms with van der Waals surface area (Å²) in [6, 6.07) is 4.03. The molecule has 1 saturated carbocycles. The van der Waals surface area contributed by atoms with E-state index in [0.717, 1.165) is 48.0 Å². The number of aliphatic hydroxyl groups is 1. The summed E-state index contributed by atoms with van der Waals surface area (Å²) in [5.74, 6) is 1.07. The van der Waals surface area contributed by atoms with Crippen molar-refractivity contribution in [2.45, 2.75) is 44.8 Å². The van der Waals surface area contributed by atoms with Gasteiger partial charge in [0.1, 0.15) is 5.65 Å². The first-order valence-corrected chi connectivity index (χ1v) is 9.98. The van der Waals surface area contributed by atoms with Crippen LogP contribution in [0.4, 0.5) is 5.95 Å². The van der Waals surface area contributed by atoms with E-state index >= 15 is 0 Å². The molecule has 0 atom stereocenters. The number of ether oxygens (including phenoxy) is 1. The van der Waals surface area contributed by atoms with Gasteiger partial charge in [-0.15, -0.1) is 0 Å². The molecule has 0 spiro atoms. The molecule has 0 aliphatic heterocycles. The molecule has 1 fully saturated rings. The average molecular weight is 393 g/mol. The van der Waals surface area contributed by atoms with Gasteiger partial charge in [-0.3, -0.25) is 0 Å². The van der Waals surface area contributed by atoms with Gasteiger partial charge in [-0.2, -0.15) is 15.1 Å². The number of hydrogen-bond acceptors (Lipinski definition) is 7. The lowest BCUT2D eigenvalue weighted by atomic mass is 9.93. The minimum absolute atomic E-state index is 0.193. The van der Waals surface area contributed by atoms with E-state index in [2.05, 4.69) is 30.4 Å². The maximum Gasteiger partial charge on any atom is 0.228 e. The lowest BCUT2D eigenvalue weighted by Gasteiger charge is -2.26. The fourth-order valence-electron chi connectivity index (χ4n) is 3.87. The molecule has 0 amide bonds. The molecule has 0 unspecified atom stereocenters. The number of fused-ring (bicyclic) bond motifs is 2. The Morgan fingerprint density at radius 1 is 1.21 bits per heavy atom. The SMILES string of the molecule is CCOc1nc(NC2CCC(O)CC2)nc2[nH]cc(-c3ccn4nccc4n3)c12. The van der Waals surface area contributed by atoms with Crippen molar-refractivity contribution in [2.75, 3.05) is 11.9 Å². The normalized spacial score (nSPS) is 19.7. The smallest absolute Gasteiger partial charge is 0.228 e. The van der Waals surface area contributed by atoms with Gasteiger partial charge >= 0.3 is 0 Å². The summed E-state index contributed by atoms with van der Waals surface area (Å²) in [5, 5.41) is 18.1. The van der Waals surface area contributed by atoms with Crippen LogP contribution in [-0.2, 0) is 0 Å². The summed E-state index contributed by atoms with van der Waals surface area (Å²) in [4.78, 5) is 17.2. The zero-order chi connectivity index (χ0) is 19.8. The highest BCUT2D eigenvalue weighted by atomic mass is 16.5. The van der Waals surface area contributed by atoms with Crippen molar-refractivity contribution >= 4 is 22.6 Å². The third-order valence-corrected chi connectivity index (χ3v) is 5.34. The summed E-state index contributed by atoms with van der Waals surface area (Å²) >= 11 is 0. The number of anilines is 1. The third kappa shape index (κ3) is 3.38. The van der Waals surface area contributed by atoms with E-state index in [4.69, 9.17) is 4.74 Å². The van der Waals surface area contributed by atoms with Crippen LogP contribution in [0.5, 0.6) is 5.88 Å². The quantitative estimate of drug-likeness (QED) is 0.478.